The van der Waals surface area contributed by atoms with Crippen LogP contribution in [0.15, 0.2) is 32.3 Å². The van der Waals surface area contributed by atoms with Gasteiger partial charge in [0.2, 0.25) is 5.82 Å². The van der Waals surface area contributed by atoms with Crippen molar-refractivity contribution >= 4 is 29.6 Å². The Morgan fingerprint density at radius 2 is 2.18 bits per heavy atom. The molecule has 3 rings (SSSR count). The molecule has 1 aliphatic rings. The van der Waals surface area contributed by atoms with E-state index >= 15 is 0 Å². The number of nitrogens with one attached hydrogen (secondary N) is 1. The molecule has 1 unspecified atom stereocenters. The van der Waals surface area contributed by atoms with Crippen molar-refractivity contribution in [1.82, 2.24) is 14.2 Å². The first-order valence-electron chi connectivity index (χ1n) is 9.78. The molecule has 1 fully saturated rings. The van der Waals surface area contributed by atoms with E-state index in [1.54, 1.807) is 4.98 Å². The maximum atomic E-state index is 13.6. The topological polar surface area (TPSA) is 179 Å². The number of H-pyrrole nitrogens is 1. The van der Waals surface area contributed by atoms with E-state index < -0.39 is 67.3 Å². The van der Waals surface area contributed by atoms with Crippen molar-refractivity contribution in [3.8, 4) is 0 Å². The van der Waals surface area contributed by atoms with Crippen LogP contribution < -0.4 is 11.2 Å². The Labute approximate surface area is 199 Å². The van der Waals surface area contributed by atoms with E-state index in [0.29, 0.717) is 11.5 Å². The van der Waals surface area contributed by atoms with Crippen LogP contribution in [0.4, 0.5) is 10.3 Å². The predicted octanol–water partition coefficient (Wildman–Crippen LogP) is 1.49. The van der Waals surface area contributed by atoms with Gasteiger partial charge in [0.05, 0.1) is 25.0 Å². The predicted molar refractivity (Wildman–Crippen MR) is 116 cm³/mol. The van der Waals surface area contributed by atoms with E-state index in [4.69, 9.17) is 18.2 Å². The molecule has 188 valence electrons. The molecule has 2 aromatic rings. The zero-order valence-electron chi connectivity index (χ0n) is 17.7. The summed E-state index contributed by atoms with van der Waals surface area (Å²) in [6.45, 7) is -0.598. The second-order valence-corrected chi connectivity index (χ2v) is 10.1. The van der Waals surface area contributed by atoms with Crippen LogP contribution >= 0.6 is 23.7 Å². The van der Waals surface area contributed by atoms with Crippen molar-refractivity contribution in [3.63, 3.8) is 0 Å². The van der Waals surface area contributed by atoms with Gasteiger partial charge in [0, 0.05) is 18.3 Å². The Kier molecular flexibility index (Phi) is 8.57. The van der Waals surface area contributed by atoms with Gasteiger partial charge >= 0.3 is 19.3 Å². The van der Waals surface area contributed by atoms with Crippen molar-refractivity contribution in [2.75, 3.05) is 25.5 Å². The van der Waals surface area contributed by atoms with Gasteiger partial charge in [0.15, 0.2) is 0 Å². The normalized spacial score (nSPS) is 22.2. The Hall–Kier alpha value is -2.20. The number of hydrogen-bond donors (Lipinski definition) is 2. The molecule has 0 aromatic carbocycles. The average Bonchev–Trinajstić information content (AvgIpc) is 3.40. The number of halogens is 2. The summed E-state index contributed by atoms with van der Waals surface area (Å²) in [5, 5.41) is 21.5. The zero-order valence-corrected chi connectivity index (χ0v) is 20.1. The highest BCUT2D eigenvalue weighted by Crippen LogP contribution is 2.52. The number of hydrogen-bond acceptors (Lipinski definition) is 10. The summed E-state index contributed by atoms with van der Waals surface area (Å²) in [4.78, 5) is 35.0. The van der Waals surface area contributed by atoms with Gasteiger partial charge in [-0.25, -0.2) is 14.0 Å². The summed E-state index contributed by atoms with van der Waals surface area (Å²) in [6, 6.07) is 2.42. The maximum Gasteiger partial charge on any atom is 0.433 e. The molecule has 0 spiro atoms. The van der Waals surface area contributed by atoms with Gasteiger partial charge in [0.1, 0.15) is 29.6 Å². The Morgan fingerprint density at radius 1 is 1.44 bits per heavy atom. The maximum absolute atomic E-state index is 13.6. The third-order valence-electron chi connectivity index (χ3n) is 4.86. The number of rotatable bonds is 11. The van der Waals surface area contributed by atoms with E-state index in [1.165, 1.54) is 17.8 Å². The van der Waals surface area contributed by atoms with Crippen LogP contribution in [-0.4, -0.2) is 62.0 Å². The first-order valence-corrected chi connectivity index (χ1v) is 12.4. The first kappa shape index (κ1) is 26.4. The van der Waals surface area contributed by atoms with Crippen molar-refractivity contribution in [3.05, 3.63) is 60.9 Å². The summed E-state index contributed by atoms with van der Waals surface area (Å²) in [5.41, 5.74) is -2.11. The average molecular weight is 571 g/mol. The molecule has 0 bridgehead atoms. The van der Waals surface area contributed by atoms with E-state index in [9.17, 15) is 33.8 Å². The quantitative estimate of drug-likeness (QED) is 0.173. The molecule has 2 N–H and O–H groups in total. The lowest BCUT2D eigenvalue weighted by atomic mass is 10.2. The second-order valence-electron chi connectivity index (χ2n) is 7.18. The number of furan rings is 1. The van der Waals surface area contributed by atoms with Gasteiger partial charge in [-0.3, -0.25) is 33.5 Å². The van der Waals surface area contributed by atoms with E-state index in [0.717, 1.165) is 10.6 Å². The van der Waals surface area contributed by atoms with Crippen LogP contribution in [0.3, 0.4) is 0 Å². The van der Waals surface area contributed by atoms with Gasteiger partial charge < -0.3 is 14.3 Å². The second kappa shape index (κ2) is 11.0. The third kappa shape index (κ3) is 6.07. The number of aromatic amines is 1. The molecule has 4 atom stereocenters. The van der Waals surface area contributed by atoms with E-state index in [-0.39, 0.29) is 18.7 Å². The number of nitro groups is 1. The highest BCUT2D eigenvalue weighted by Gasteiger charge is 2.39. The lowest BCUT2D eigenvalue weighted by molar-refractivity contribution is -0.402. The number of nitrogens with zero attached hydrogens (tertiary/aromatic N) is 3. The molecule has 0 saturated carbocycles. The Morgan fingerprint density at radius 3 is 2.82 bits per heavy atom. The summed E-state index contributed by atoms with van der Waals surface area (Å²) >= 11 is 3.22. The smallest absolute Gasteiger partial charge is 0.403 e. The van der Waals surface area contributed by atoms with Crippen molar-refractivity contribution < 1.29 is 37.2 Å². The molecule has 0 amide bonds. The fourth-order valence-electron chi connectivity index (χ4n) is 3.04. The molecule has 0 aliphatic carbocycles. The van der Waals surface area contributed by atoms with E-state index in [1.807, 2.05) is 0 Å². The summed E-state index contributed by atoms with van der Waals surface area (Å²) in [5.74, 6) is -1.67. The van der Waals surface area contributed by atoms with Gasteiger partial charge in [-0.05, 0) is 13.1 Å². The molecule has 17 heteroatoms. The number of aliphatic hydroxyl groups is 1. The van der Waals surface area contributed by atoms with E-state index in [2.05, 4.69) is 15.9 Å². The summed E-state index contributed by atoms with van der Waals surface area (Å²) in [7, 11) is -2.53. The molecular weight excluding hydrogens is 550 g/mol. The number of ether oxygens (including phenoxy) is 1. The fourth-order valence-corrected chi connectivity index (χ4v) is 5.29. The minimum Gasteiger partial charge on any atom is -0.403 e. The molecule has 1 aliphatic heterocycles. The largest absolute Gasteiger partial charge is 0.433 e. The van der Waals surface area contributed by atoms with Crippen LogP contribution in [0, 0.1) is 15.9 Å². The lowest BCUT2D eigenvalue weighted by Crippen LogP contribution is -2.34. The molecule has 14 nitrogen and oxygen atoms in total. The molecule has 2 aromatic heterocycles. The Balaban J connectivity index is 1.68. The van der Waals surface area contributed by atoms with Crippen LogP contribution in [0.5, 0.6) is 0 Å². The number of aliphatic hydroxyl groups excluding tert-OH is 1. The lowest BCUT2D eigenvalue weighted by Gasteiger charge is -2.27. The Bertz CT molecular complexity index is 1190. The highest BCUT2D eigenvalue weighted by atomic mass is 79.9. The number of aromatic nitrogens is 2. The van der Waals surface area contributed by atoms with Crippen LogP contribution in [0.25, 0.3) is 0 Å². The standard InChI is InChI=1S/C17H21BrFN4O10P/c1-21(5-4-18)34(29,30-8-10-2-3-14(32-10)23(27)28)31-9-13-12(24)6-15(33-13)22-7-11(19)16(25)20-17(22)26/h2-3,7,12-13,15,24H,4-6,8-9H2,1H3,(H,20,25,26)/t12-,13+,15+,34?/m0/s1. The SMILES string of the molecule is CN(CCBr)P(=O)(OCc1ccc([N+](=O)[O-])o1)OC[C@H]1O[C@@H](n2cc(F)c(=O)[nH]c2=O)C[C@@H]1O. The first-order chi connectivity index (χ1) is 16.0. The minimum absolute atomic E-state index is 0.0412. The highest BCUT2D eigenvalue weighted by molar-refractivity contribution is 9.09. The van der Waals surface area contributed by atoms with Gasteiger partial charge in [0.25, 0.3) is 5.56 Å². The summed E-state index contributed by atoms with van der Waals surface area (Å²) < 4.78 is 50.5. The zero-order chi connectivity index (χ0) is 25.0. The van der Waals surface area contributed by atoms with Crippen LogP contribution in [0.2, 0.25) is 0 Å². The third-order valence-corrected chi connectivity index (χ3v) is 7.19. The van der Waals surface area contributed by atoms with Crippen LogP contribution in [0.1, 0.15) is 18.4 Å². The monoisotopic (exact) mass is 570 g/mol. The van der Waals surface area contributed by atoms with Gasteiger partial charge in [-0.1, -0.05) is 15.9 Å². The fraction of sp³-hybridized carbons (Fsp3) is 0.529. The van der Waals surface area contributed by atoms with Crippen molar-refractivity contribution in [2.45, 2.75) is 31.5 Å². The molecule has 0 radical (unpaired) electrons. The molecule has 34 heavy (non-hydrogen) atoms. The minimum atomic E-state index is -4.00. The van der Waals surface area contributed by atoms with Crippen molar-refractivity contribution in [2.24, 2.45) is 0 Å². The van der Waals surface area contributed by atoms with Gasteiger partial charge in [-0.15, -0.1) is 0 Å². The van der Waals surface area contributed by atoms with Crippen LogP contribution in [-0.2, 0) is 25.0 Å². The molecule has 3 heterocycles. The summed E-state index contributed by atoms with van der Waals surface area (Å²) in [6.07, 6.45) is -2.80. The van der Waals surface area contributed by atoms with Crippen molar-refractivity contribution in [1.29, 1.82) is 0 Å². The molecular formula is C17H21BrFN4O10P. The number of alkyl halides is 1. The van der Waals surface area contributed by atoms with Gasteiger partial charge in [-0.2, -0.15) is 4.39 Å². The molecule has 1 saturated heterocycles.